The Morgan fingerprint density at radius 3 is 2.35 bits per heavy atom. The lowest BCUT2D eigenvalue weighted by atomic mass is 10.1. The van der Waals surface area contributed by atoms with Gasteiger partial charge in [0, 0.05) is 23.7 Å². The molecule has 0 aromatic heterocycles. The zero-order chi connectivity index (χ0) is 18.2. The lowest BCUT2D eigenvalue weighted by molar-refractivity contribution is 0.174. The van der Waals surface area contributed by atoms with E-state index in [4.69, 9.17) is 16.3 Å². The highest BCUT2D eigenvalue weighted by Crippen LogP contribution is 2.20. The molecule has 0 saturated carbocycles. The summed E-state index contributed by atoms with van der Waals surface area (Å²) in [5, 5.41) is 14.2. The summed E-state index contributed by atoms with van der Waals surface area (Å²) in [4.78, 5) is 0. The smallest absolute Gasteiger partial charge is 0.124 e. The molecular formula is C22H22ClNO2. The SMILES string of the molecule is O[C@@H](CNCc1ccccc1OCc1ccccc1)c1ccc(Cl)cc1. The molecule has 0 fully saturated rings. The van der Waals surface area contributed by atoms with E-state index < -0.39 is 6.10 Å². The maximum absolute atomic E-state index is 10.3. The largest absolute Gasteiger partial charge is 0.489 e. The quantitative estimate of drug-likeness (QED) is 0.604. The van der Waals surface area contributed by atoms with Gasteiger partial charge in [-0.25, -0.2) is 0 Å². The van der Waals surface area contributed by atoms with Crippen LogP contribution in [-0.4, -0.2) is 11.7 Å². The summed E-state index contributed by atoms with van der Waals surface area (Å²) in [7, 11) is 0. The van der Waals surface area contributed by atoms with Gasteiger partial charge in [0.2, 0.25) is 0 Å². The van der Waals surface area contributed by atoms with Gasteiger partial charge >= 0.3 is 0 Å². The molecule has 3 aromatic rings. The highest BCUT2D eigenvalue weighted by Gasteiger charge is 2.08. The van der Waals surface area contributed by atoms with Crippen LogP contribution in [0, 0.1) is 0 Å². The van der Waals surface area contributed by atoms with E-state index in [1.54, 1.807) is 12.1 Å². The summed E-state index contributed by atoms with van der Waals surface area (Å²) in [6.07, 6.45) is -0.579. The van der Waals surface area contributed by atoms with Gasteiger partial charge < -0.3 is 15.2 Å². The number of nitrogens with one attached hydrogen (secondary N) is 1. The highest BCUT2D eigenvalue weighted by atomic mass is 35.5. The second-order valence-electron chi connectivity index (χ2n) is 6.08. The van der Waals surface area contributed by atoms with Crippen LogP contribution in [0.4, 0.5) is 0 Å². The second kappa shape index (κ2) is 9.39. The number of benzene rings is 3. The minimum absolute atomic E-state index is 0.453. The maximum Gasteiger partial charge on any atom is 0.124 e. The van der Waals surface area contributed by atoms with Crippen LogP contribution in [0.25, 0.3) is 0 Å². The molecule has 134 valence electrons. The van der Waals surface area contributed by atoms with E-state index in [2.05, 4.69) is 5.32 Å². The van der Waals surface area contributed by atoms with Gasteiger partial charge in [-0.15, -0.1) is 0 Å². The summed E-state index contributed by atoms with van der Waals surface area (Å²) in [5.41, 5.74) is 3.04. The Morgan fingerprint density at radius 1 is 0.885 bits per heavy atom. The number of halogens is 1. The summed E-state index contributed by atoms with van der Waals surface area (Å²) in [6, 6.07) is 25.3. The molecule has 0 spiro atoms. The number of aliphatic hydroxyl groups is 1. The van der Waals surface area contributed by atoms with Gasteiger partial charge in [0.1, 0.15) is 12.4 Å². The van der Waals surface area contributed by atoms with Crippen LogP contribution in [0.3, 0.4) is 0 Å². The predicted octanol–water partition coefficient (Wildman–Crippen LogP) is 4.74. The molecule has 2 N–H and O–H groups in total. The summed E-state index contributed by atoms with van der Waals surface area (Å²) in [6.45, 7) is 1.61. The first-order valence-electron chi connectivity index (χ1n) is 8.61. The molecule has 0 aliphatic rings. The van der Waals surface area contributed by atoms with Gasteiger partial charge in [-0.1, -0.05) is 72.3 Å². The molecule has 0 aliphatic carbocycles. The minimum atomic E-state index is -0.579. The molecule has 4 heteroatoms. The molecule has 1 atom stereocenters. The minimum Gasteiger partial charge on any atom is -0.489 e. The third-order valence-electron chi connectivity index (χ3n) is 4.12. The van der Waals surface area contributed by atoms with Gasteiger partial charge in [0.15, 0.2) is 0 Å². The fraction of sp³-hybridized carbons (Fsp3) is 0.182. The van der Waals surface area contributed by atoms with Crippen LogP contribution < -0.4 is 10.1 Å². The lowest BCUT2D eigenvalue weighted by Gasteiger charge is -2.15. The number of aliphatic hydroxyl groups excluding tert-OH is 1. The van der Waals surface area contributed by atoms with E-state index in [0.29, 0.717) is 24.7 Å². The molecule has 0 saturated heterocycles. The molecule has 26 heavy (non-hydrogen) atoms. The average Bonchev–Trinajstić information content (AvgIpc) is 2.68. The van der Waals surface area contributed by atoms with Gasteiger partial charge in [-0.2, -0.15) is 0 Å². The van der Waals surface area contributed by atoms with Crippen molar-refractivity contribution in [1.82, 2.24) is 5.32 Å². The Labute approximate surface area is 159 Å². The Hall–Kier alpha value is -2.33. The molecule has 0 unspecified atom stereocenters. The topological polar surface area (TPSA) is 41.5 Å². The first-order valence-corrected chi connectivity index (χ1v) is 8.99. The fourth-order valence-electron chi connectivity index (χ4n) is 2.67. The number of rotatable bonds is 8. The van der Waals surface area contributed by atoms with Crippen LogP contribution in [0.2, 0.25) is 5.02 Å². The Kier molecular flexibility index (Phi) is 6.67. The first-order chi connectivity index (χ1) is 12.7. The second-order valence-corrected chi connectivity index (χ2v) is 6.52. The van der Waals surface area contributed by atoms with Gasteiger partial charge in [0.05, 0.1) is 6.10 Å². The zero-order valence-electron chi connectivity index (χ0n) is 14.4. The number of para-hydroxylation sites is 1. The molecule has 0 heterocycles. The molecule has 3 aromatic carbocycles. The number of hydrogen-bond acceptors (Lipinski definition) is 3. The molecule has 3 rings (SSSR count). The fourth-order valence-corrected chi connectivity index (χ4v) is 2.80. The van der Waals surface area contributed by atoms with E-state index in [9.17, 15) is 5.11 Å². The summed E-state index contributed by atoms with van der Waals surface area (Å²) in [5.74, 6) is 0.852. The van der Waals surface area contributed by atoms with Crippen molar-refractivity contribution in [1.29, 1.82) is 0 Å². The van der Waals surface area contributed by atoms with Crippen molar-refractivity contribution in [3.63, 3.8) is 0 Å². The van der Waals surface area contributed by atoms with E-state index in [1.165, 1.54) is 0 Å². The van der Waals surface area contributed by atoms with Crippen molar-refractivity contribution in [3.05, 3.63) is 101 Å². The molecular weight excluding hydrogens is 346 g/mol. The van der Waals surface area contributed by atoms with Crippen molar-refractivity contribution >= 4 is 11.6 Å². The van der Waals surface area contributed by atoms with Crippen molar-refractivity contribution in [2.24, 2.45) is 0 Å². The van der Waals surface area contributed by atoms with E-state index in [1.807, 2.05) is 66.7 Å². The number of hydrogen-bond donors (Lipinski definition) is 2. The highest BCUT2D eigenvalue weighted by molar-refractivity contribution is 6.30. The van der Waals surface area contributed by atoms with Crippen molar-refractivity contribution in [2.45, 2.75) is 19.3 Å². The summed E-state index contributed by atoms with van der Waals surface area (Å²) >= 11 is 5.88. The van der Waals surface area contributed by atoms with Crippen LogP contribution in [0.5, 0.6) is 5.75 Å². The molecule has 0 bridgehead atoms. The molecule has 0 amide bonds. The van der Waals surface area contributed by atoms with Crippen LogP contribution in [-0.2, 0) is 13.2 Å². The maximum atomic E-state index is 10.3. The lowest BCUT2D eigenvalue weighted by Crippen LogP contribution is -2.21. The van der Waals surface area contributed by atoms with E-state index in [0.717, 1.165) is 22.4 Å². The average molecular weight is 368 g/mol. The number of ether oxygens (including phenoxy) is 1. The predicted molar refractivity (Wildman–Crippen MR) is 105 cm³/mol. The Morgan fingerprint density at radius 2 is 1.58 bits per heavy atom. The van der Waals surface area contributed by atoms with Crippen LogP contribution in [0.1, 0.15) is 22.8 Å². The third-order valence-corrected chi connectivity index (χ3v) is 4.37. The Balaban J connectivity index is 1.54. The summed E-state index contributed by atoms with van der Waals surface area (Å²) < 4.78 is 5.96. The normalized spacial score (nSPS) is 11.9. The van der Waals surface area contributed by atoms with Crippen molar-refractivity contribution < 1.29 is 9.84 Å². The van der Waals surface area contributed by atoms with E-state index in [-0.39, 0.29) is 0 Å². The zero-order valence-corrected chi connectivity index (χ0v) is 15.2. The van der Waals surface area contributed by atoms with Gasteiger partial charge in [0.25, 0.3) is 0 Å². The van der Waals surface area contributed by atoms with E-state index >= 15 is 0 Å². The van der Waals surface area contributed by atoms with Gasteiger partial charge in [-0.05, 0) is 29.3 Å². The molecule has 3 nitrogen and oxygen atoms in total. The van der Waals surface area contributed by atoms with Crippen LogP contribution >= 0.6 is 11.6 Å². The monoisotopic (exact) mass is 367 g/mol. The third kappa shape index (κ3) is 5.33. The molecule has 0 radical (unpaired) electrons. The van der Waals surface area contributed by atoms with Crippen molar-refractivity contribution in [3.8, 4) is 5.75 Å². The first kappa shape index (κ1) is 18.5. The molecule has 0 aliphatic heterocycles. The Bertz CT molecular complexity index is 806. The van der Waals surface area contributed by atoms with Gasteiger partial charge in [-0.3, -0.25) is 0 Å². The standard InChI is InChI=1S/C22H22ClNO2/c23-20-12-10-18(11-13-20)21(25)15-24-14-19-8-4-5-9-22(19)26-16-17-6-2-1-3-7-17/h1-13,21,24-25H,14-16H2/t21-/m0/s1. The van der Waals surface area contributed by atoms with Crippen LogP contribution in [0.15, 0.2) is 78.9 Å². The van der Waals surface area contributed by atoms with Crippen molar-refractivity contribution in [2.75, 3.05) is 6.54 Å².